The number of phenols is 1. The minimum atomic E-state index is -1.07. The Morgan fingerprint density at radius 3 is 2.74 bits per heavy atom. The van der Waals surface area contributed by atoms with Crippen LogP contribution in [0.15, 0.2) is 52.3 Å². The molecule has 2 aromatic rings. The third-order valence-corrected chi connectivity index (χ3v) is 5.78. The Hall–Kier alpha value is -3.55. The van der Waals surface area contributed by atoms with Gasteiger partial charge in [0.1, 0.15) is 11.7 Å². The second-order valence-corrected chi connectivity index (χ2v) is 7.55. The summed E-state index contributed by atoms with van der Waals surface area (Å²) in [7, 11) is 1.42. The lowest BCUT2D eigenvalue weighted by Crippen LogP contribution is -2.44. The fraction of sp³-hybridized carbons (Fsp3) is 0.348. The number of ether oxygens (including phenoxy) is 2. The number of ketones is 1. The van der Waals surface area contributed by atoms with Gasteiger partial charge in [0.2, 0.25) is 5.91 Å². The van der Waals surface area contributed by atoms with Crippen molar-refractivity contribution in [1.82, 2.24) is 5.32 Å². The molecule has 0 spiro atoms. The number of benzene rings is 1. The normalized spacial score (nSPS) is 23.2. The van der Waals surface area contributed by atoms with E-state index in [2.05, 4.69) is 5.32 Å². The topological polar surface area (TPSA) is 115 Å². The standard InChI is InChI=1S/C23H23NO7/c1-3-30-23(28)21-14(17-5-4-8-31-17)10-15-20(22(21)27)13(11-19(26)24-15)12-6-7-16(25)18(9-12)29-2/h4-9,13-14,21,25H,3,10-11H2,1-2H3,(H,24,26)/t13-,14-,21-/m1/s1. The molecule has 0 radical (unpaired) electrons. The minimum absolute atomic E-state index is 0.0411. The predicted molar refractivity (Wildman–Crippen MR) is 108 cm³/mol. The first-order valence-electron chi connectivity index (χ1n) is 10.1. The van der Waals surface area contributed by atoms with E-state index in [0.717, 1.165) is 0 Å². The highest BCUT2D eigenvalue weighted by atomic mass is 16.5. The van der Waals surface area contributed by atoms with E-state index in [1.807, 2.05) is 0 Å². The van der Waals surface area contributed by atoms with E-state index in [0.29, 0.717) is 22.6 Å². The molecule has 2 aliphatic rings. The first kappa shape index (κ1) is 20.7. The Morgan fingerprint density at radius 1 is 1.26 bits per heavy atom. The number of aromatic hydroxyl groups is 1. The van der Waals surface area contributed by atoms with E-state index >= 15 is 0 Å². The summed E-state index contributed by atoms with van der Waals surface area (Å²) in [5, 5.41) is 12.7. The molecule has 1 aliphatic heterocycles. The molecule has 162 valence electrons. The number of furan rings is 1. The van der Waals surface area contributed by atoms with Gasteiger partial charge in [-0.3, -0.25) is 14.4 Å². The second kappa shape index (κ2) is 8.29. The molecule has 2 heterocycles. The fourth-order valence-electron chi connectivity index (χ4n) is 4.42. The van der Waals surface area contributed by atoms with Crippen molar-refractivity contribution in [2.24, 2.45) is 5.92 Å². The third kappa shape index (κ3) is 3.69. The summed E-state index contributed by atoms with van der Waals surface area (Å²) in [6.07, 6.45) is 1.78. The van der Waals surface area contributed by atoms with E-state index in [-0.39, 0.29) is 36.9 Å². The van der Waals surface area contributed by atoms with E-state index < -0.39 is 29.5 Å². The molecule has 1 aliphatic carbocycles. The first-order valence-corrected chi connectivity index (χ1v) is 10.1. The molecule has 0 bridgehead atoms. The van der Waals surface area contributed by atoms with Crippen molar-refractivity contribution in [1.29, 1.82) is 0 Å². The Kier molecular flexibility index (Phi) is 5.54. The van der Waals surface area contributed by atoms with E-state index in [4.69, 9.17) is 13.9 Å². The molecule has 0 saturated carbocycles. The van der Waals surface area contributed by atoms with E-state index in [9.17, 15) is 19.5 Å². The highest BCUT2D eigenvalue weighted by Gasteiger charge is 2.48. The van der Waals surface area contributed by atoms with Gasteiger partial charge in [-0.2, -0.15) is 0 Å². The quantitative estimate of drug-likeness (QED) is 0.559. The monoisotopic (exact) mass is 425 g/mol. The van der Waals surface area contributed by atoms with Crippen LogP contribution < -0.4 is 10.1 Å². The van der Waals surface area contributed by atoms with Gasteiger partial charge in [0, 0.05) is 29.5 Å². The summed E-state index contributed by atoms with van der Waals surface area (Å²) in [6.45, 7) is 1.83. The zero-order chi connectivity index (χ0) is 22.1. The molecule has 1 aromatic heterocycles. The number of Topliss-reactive ketones (excluding diaryl/α,β-unsaturated/α-hetero) is 1. The van der Waals surface area contributed by atoms with Gasteiger partial charge in [0.15, 0.2) is 17.3 Å². The number of hydrogen-bond acceptors (Lipinski definition) is 7. The number of amides is 1. The van der Waals surface area contributed by atoms with Gasteiger partial charge in [-0.25, -0.2) is 0 Å². The lowest BCUT2D eigenvalue weighted by atomic mass is 9.69. The van der Waals surface area contributed by atoms with Crippen molar-refractivity contribution in [2.45, 2.75) is 31.6 Å². The fourth-order valence-corrected chi connectivity index (χ4v) is 4.42. The van der Waals surface area contributed by atoms with Gasteiger partial charge in [-0.15, -0.1) is 0 Å². The molecule has 4 rings (SSSR count). The number of hydrogen-bond donors (Lipinski definition) is 2. The molecule has 0 unspecified atom stereocenters. The zero-order valence-corrected chi connectivity index (χ0v) is 17.2. The van der Waals surface area contributed by atoms with Crippen molar-refractivity contribution >= 4 is 17.7 Å². The maximum atomic E-state index is 13.7. The predicted octanol–water partition coefficient (Wildman–Crippen LogP) is 2.79. The number of carbonyl (C=O) groups is 3. The summed E-state index contributed by atoms with van der Waals surface area (Å²) in [4.78, 5) is 38.9. The molecule has 0 saturated heterocycles. The number of phenolic OH excluding ortho intramolecular Hbond substituents is 1. The van der Waals surface area contributed by atoms with Crippen LogP contribution in [0, 0.1) is 5.92 Å². The van der Waals surface area contributed by atoms with Crippen LogP contribution in [0.25, 0.3) is 0 Å². The number of esters is 1. The third-order valence-electron chi connectivity index (χ3n) is 5.78. The average Bonchev–Trinajstić information content (AvgIpc) is 3.28. The summed E-state index contributed by atoms with van der Waals surface area (Å²) >= 11 is 0. The van der Waals surface area contributed by atoms with Crippen LogP contribution in [-0.4, -0.2) is 36.5 Å². The molecule has 1 aromatic carbocycles. The minimum Gasteiger partial charge on any atom is -0.504 e. The van der Waals surface area contributed by atoms with Gasteiger partial charge in [-0.1, -0.05) is 6.07 Å². The van der Waals surface area contributed by atoms with Crippen LogP contribution >= 0.6 is 0 Å². The van der Waals surface area contributed by atoms with Crippen LogP contribution in [0.2, 0.25) is 0 Å². The van der Waals surface area contributed by atoms with Crippen molar-refractivity contribution in [3.05, 3.63) is 59.2 Å². The molecule has 8 heteroatoms. The number of carbonyl (C=O) groups excluding carboxylic acids is 3. The molecule has 1 amide bonds. The van der Waals surface area contributed by atoms with Gasteiger partial charge in [-0.05, 0) is 43.2 Å². The summed E-state index contributed by atoms with van der Waals surface area (Å²) in [5.41, 5.74) is 1.51. The molecule has 2 N–H and O–H groups in total. The molecular weight excluding hydrogens is 402 g/mol. The highest BCUT2D eigenvalue weighted by molar-refractivity contribution is 6.12. The smallest absolute Gasteiger partial charge is 0.317 e. The van der Waals surface area contributed by atoms with Crippen LogP contribution in [0.1, 0.15) is 42.9 Å². The Morgan fingerprint density at radius 2 is 2.06 bits per heavy atom. The van der Waals surface area contributed by atoms with Crippen molar-refractivity contribution in [3.8, 4) is 11.5 Å². The SMILES string of the molecule is CCOC(=O)[C@H]1C(=O)C2=C(C[C@@H]1c1ccco1)NC(=O)C[C@@H]2c1ccc(O)c(OC)c1. The second-order valence-electron chi connectivity index (χ2n) is 7.55. The average molecular weight is 425 g/mol. The number of nitrogens with one attached hydrogen (secondary N) is 1. The van der Waals surface area contributed by atoms with E-state index in [1.54, 1.807) is 31.2 Å². The molecule has 0 fully saturated rings. The highest BCUT2D eigenvalue weighted by Crippen LogP contribution is 2.46. The van der Waals surface area contributed by atoms with E-state index in [1.165, 1.54) is 19.4 Å². The van der Waals surface area contributed by atoms with Crippen molar-refractivity contribution in [3.63, 3.8) is 0 Å². The maximum Gasteiger partial charge on any atom is 0.317 e. The Labute approximate surface area is 178 Å². The van der Waals surface area contributed by atoms with Gasteiger partial charge < -0.3 is 24.3 Å². The van der Waals surface area contributed by atoms with Gasteiger partial charge >= 0.3 is 5.97 Å². The summed E-state index contributed by atoms with van der Waals surface area (Å²) < 4.78 is 15.9. The van der Waals surface area contributed by atoms with Crippen LogP contribution in [0.5, 0.6) is 11.5 Å². The van der Waals surface area contributed by atoms with Crippen molar-refractivity contribution in [2.75, 3.05) is 13.7 Å². The lowest BCUT2D eigenvalue weighted by Gasteiger charge is -2.37. The number of allylic oxidation sites excluding steroid dienone is 2. The molecular formula is C23H23NO7. The molecule has 8 nitrogen and oxygen atoms in total. The zero-order valence-electron chi connectivity index (χ0n) is 17.2. The maximum absolute atomic E-state index is 13.7. The van der Waals surface area contributed by atoms with Gasteiger partial charge in [0.25, 0.3) is 0 Å². The van der Waals surface area contributed by atoms with Crippen molar-refractivity contribution < 1.29 is 33.4 Å². The van der Waals surface area contributed by atoms with Gasteiger partial charge in [0.05, 0.1) is 20.0 Å². The summed E-state index contributed by atoms with van der Waals surface area (Å²) in [6, 6.07) is 8.12. The number of methoxy groups -OCH3 is 1. The lowest BCUT2D eigenvalue weighted by molar-refractivity contribution is -0.152. The first-order chi connectivity index (χ1) is 14.9. The molecule has 3 atom stereocenters. The van der Waals surface area contributed by atoms with Crippen LogP contribution in [0.4, 0.5) is 0 Å². The Bertz CT molecular complexity index is 1050. The number of rotatable bonds is 5. The Balaban J connectivity index is 1.81. The van der Waals surface area contributed by atoms with Crippen LogP contribution in [0.3, 0.4) is 0 Å². The molecule has 31 heavy (non-hydrogen) atoms. The summed E-state index contributed by atoms with van der Waals surface area (Å²) in [5.74, 6) is -2.76. The van der Waals surface area contributed by atoms with Crippen LogP contribution in [-0.2, 0) is 19.1 Å². The largest absolute Gasteiger partial charge is 0.504 e.